The Bertz CT molecular complexity index is 1490. The van der Waals surface area contributed by atoms with Gasteiger partial charge in [0.2, 0.25) is 0 Å². The molecule has 5 N–H and O–H groups in total. The molecule has 10 nitrogen and oxygen atoms in total. The first-order valence-electron chi connectivity index (χ1n) is 14.3. The fraction of sp³-hybridized carbons (Fsp3) is 0.400. The molecule has 3 aliphatic rings. The third-order valence-corrected chi connectivity index (χ3v) is 8.55. The molecule has 2 saturated heterocycles. The van der Waals surface area contributed by atoms with Crippen LogP contribution in [0.2, 0.25) is 0 Å². The number of pyridine rings is 1. The second kappa shape index (κ2) is 10.9. The number of nitrogens with zero attached hydrogens (tertiary/aromatic N) is 4. The summed E-state index contributed by atoms with van der Waals surface area (Å²) in [7, 11) is 0. The van der Waals surface area contributed by atoms with Gasteiger partial charge in [0, 0.05) is 78.5 Å². The van der Waals surface area contributed by atoms with Gasteiger partial charge in [-0.1, -0.05) is 12.1 Å². The lowest BCUT2D eigenvalue weighted by Gasteiger charge is -2.34. The Morgan fingerprint density at radius 1 is 1.00 bits per heavy atom. The SMILES string of the molecule is O=C(NC1CCCN(c2ccncc2)C1)c1cc2ccc(-c3nccc(NC4CCC5NNCC5C4)n3)cc2[nH]1. The van der Waals surface area contributed by atoms with Crippen LogP contribution in [0.3, 0.4) is 0 Å². The van der Waals surface area contributed by atoms with Crippen molar-refractivity contribution in [1.29, 1.82) is 0 Å². The van der Waals surface area contributed by atoms with Gasteiger partial charge in [-0.2, -0.15) is 0 Å². The van der Waals surface area contributed by atoms with Gasteiger partial charge in [0.1, 0.15) is 11.5 Å². The molecule has 0 radical (unpaired) electrons. The van der Waals surface area contributed by atoms with Crippen LogP contribution >= 0.6 is 0 Å². The number of carbonyl (C=O) groups excluding carboxylic acids is 1. The monoisotopic (exact) mass is 537 g/mol. The minimum atomic E-state index is -0.0795. The van der Waals surface area contributed by atoms with Crippen LogP contribution in [0.15, 0.2) is 61.1 Å². The van der Waals surface area contributed by atoms with Gasteiger partial charge >= 0.3 is 0 Å². The van der Waals surface area contributed by atoms with Crippen molar-refractivity contribution in [1.82, 2.24) is 36.1 Å². The van der Waals surface area contributed by atoms with Crippen LogP contribution < -0.4 is 26.4 Å². The molecular formula is C30H35N9O. The van der Waals surface area contributed by atoms with E-state index in [1.54, 1.807) is 0 Å². The third-order valence-electron chi connectivity index (χ3n) is 8.55. The van der Waals surface area contributed by atoms with Crippen molar-refractivity contribution < 1.29 is 4.79 Å². The highest BCUT2D eigenvalue weighted by Crippen LogP contribution is 2.29. The molecule has 4 unspecified atom stereocenters. The normalized spacial score (nSPS) is 24.6. The highest BCUT2D eigenvalue weighted by molar-refractivity contribution is 5.98. The topological polar surface area (TPSA) is 123 Å². The van der Waals surface area contributed by atoms with Crippen LogP contribution in [-0.4, -0.2) is 63.6 Å². The van der Waals surface area contributed by atoms with E-state index in [4.69, 9.17) is 4.98 Å². The molecule has 10 heteroatoms. The Hall–Kier alpha value is -4.02. The van der Waals surface area contributed by atoms with Gasteiger partial charge < -0.3 is 20.5 Å². The quantitative estimate of drug-likeness (QED) is 0.253. The van der Waals surface area contributed by atoms with Gasteiger partial charge in [-0.3, -0.25) is 20.6 Å². The molecule has 1 amide bonds. The predicted octanol–water partition coefficient (Wildman–Crippen LogP) is 3.48. The Morgan fingerprint density at radius 3 is 2.85 bits per heavy atom. The summed E-state index contributed by atoms with van der Waals surface area (Å²) in [5, 5.41) is 7.86. The summed E-state index contributed by atoms with van der Waals surface area (Å²) in [5.74, 6) is 2.10. The maximum absolute atomic E-state index is 13.2. The van der Waals surface area contributed by atoms with E-state index in [1.807, 2.05) is 61.1 Å². The number of hydrogen-bond acceptors (Lipinski definition) is 8. The summed E-state index contributed by atoms with van der Waals surface area (Å²) < 4.78 is 0. The summed E-state index contributed by atoms with van der Waals surface area (Å²) in [6.07, 6.45) is 10.9. The molecule has 4 atom stereocenters. The number of H-pyrrole nitrogens is 1. The summed E-state index contributed by atoms with van der Waals surface area (Å²) in [5.41, 5.74) is 10.2. The second-order valence-corrected chi connectivity index (χ2v) is 11.3. The van der Waals surface area contributed by atoms with Crippen molar-refractivity contribution in [3.05, 3.63) is 66.7 Å². The number of rotatable bonds is 6. The molecular weight excluding hydrogens is 502 g/mol. The lowest BCUT2D eigenvalue weighted by molar-refractivity contribution is 0.0929. The number of piperidine rings is 1. The summed E-state index contributed by atoms with van der Waals surface area (Å²) >= 11 is 0. The van der Waals surface area contributed by atoms with E-state index >= 15 is 0 Å². The van der Waals surface area contributed by atoms with Gasteiger partial charge in [0.25, 0.3) is 5.91 Å². The van der Waals surface area contributed by atoms with Crippen LogP contribution in [0.25, 0.3) is 22.3 Å². The van der Waals surface area contributed by atoms with Crippen molar-refractivity contribution in [2.75, 3.05) is 29.9 Å². The predicted molar refractivity (Wildman–Crippen MR) is 156 cm³/mol. The van der Waals surface area contributed by atoms with Gasteiger partial charge in [-0.15, -0.1) is 0 Å². The number of carbonyl (C=O) groups is 1. The molecule has 1 aromatic carbocycles. The lowest BCUT2D eigenvalue weighted by Crippen LogP contribution is -2.47. The Labute approximate surface area is 233 Å². The maximum atomic E-state index is 13.2. The van der Waals surface area contributed by atoms with Crippen LogP contribution in [0.1, 0.15) is 42.6 Å². The number of amides is 1. The van der Waals surface area contributed by atoms with E-state index in [0.717, 1.165) is 79.7 Å². The van der Waals surface area contributed by atoms with Gasteiger partial charge in [-0.25, -0.2) is 9.97 Å². The molecule has 1 aliphatic carbocycles. The maximum Gasteiger partial charge on any atom is 0.268 e. The number of anilines is 2. The Balaban J connectivity index is 1.02. The van der Waals surface area contributed by atoms with Crippen molar-refractivity contribution in [3.8, 4) is 11.4 Å². The number of benzene rings is 1. The largest absolute Gasteiger partial charge is 0.369 e. The molecule has 206 valence electrons. The Morgan fingerprint density at radius 2 is 1.93 bits per heavy atom. The van der Waals surface area contributed by atoms with Crippen molar-refractivity contribution in [3.63, 3.8) is 0 Å². The smallest absolute Gasteiger partial charge is 0.268 e. The van der Waals surface area contributed by atoms with Crippen LogP contribution in [0, 0.1) is 5.92 Å². The minimum absolute atomic E-state index is 0.0795. The first kappa shape index (κ1) is 25.0. The third kappa shape index (κ3) is 5.24. The van der Waals surface area contributed by atoms with Crippen LogP contribution in [0.4, 0.5) is 11.5 Å². The number of hydrogen-bond donors (Lipinski definition) is 5. The standard InChI is InChI=1S/C30H35N9O/c40-30(35-23-2-1-13-39(18-23)24-7-10-31-11-8-24)27-15-19-3-4-20(16-26(19)36-27)29-32-12-9-28(37-29)34-22-5-6-25-21(14-22)17-33-38-25/h3-4,7-12,15-16,21-23,25,33,36,38H,1-2,5-6,13-14,17-18H2,(H,35,40)(H,32,34,37). The molecule has 5 heterocycles. The molecule has 0 spiro atoms. The van der Waals surface area contributed by atoms with E-state index in [9.17, 15) is 4.79 Å². The van der Waals surface area contributed by atoms with E-state index in [0.29, 0.717) is 29.5 Å². The van der Waals surface area contributed by atoms with Gasteiger partial charge in [0.15, 0.2) is 5.82 Å². The molecule has 3 aromatic heterocycles. The zero-order valence-electron chi connectivity index (χ0n) is 22.4. The summed E-state index contributed by atoms with van der Waals surface area (Å²) in [6, 6.07) is 15.1. The molecule has 4 aromatic rings. The first-order valence-corrected chi connectivity index (χ1v) is 14.3. The molecule has 1 saturated carbocycles. The number of aromatic amines is 1. The summed E-state index contributed by atoms with van der Waals surface area (Å²) in [4.78, 5) is 32.3. The van der Waals surface area contributed by atoms with E-state index < -0.39 is 0 Å². The van der Waals surface area contributed by atoms with E-state index in [1.165, 1.54) is 0 Å². The number of aromatic nitrogens is 4. The van der Waals surface area contributed by atoms with Crippen molar-refractivity contribution >= 4 is 28.3 Å². The van der Waals surface area contributed by atoms with Gasteiger partial charge in [0.05, 0.1) is 0 Å². The van der Waals surface area contributed by atoms with Crippen LogP contribution in [0.5, 0.6) is 0 Å². The van der Waals surface area contributed by atoms with Crippen molar-refractivity contribution in [2.45, 2.75) is 50.2 Å². The molecule has 2 aliphatic heterocycles. The highest BCUT2D eigenvalue weighted by atomic mass is 16.2. The Kier molecular flexibility index (Phi) is 6.78. The zero-order valence-corrected chi connectivity index (χ0v) is 22.4. The average Bonchev–Trinajstić information content (AvgIpc) is 3.64. The van der Waals surface area contributed by atoms with Crippen LogP contribution in [-0.2, 0) is 0 Å². The van der Waals surface area contributed by atoms with Gasteiger partial charge in [-0.05, 0) is 68.4 Å². The van der Waals surface area contributed by atoms with E-state index in [-0.39, 0.29) is 11.9 Å². The van der Waals surface area contributed by atoms with Crippen molar-refractivity contribution in [2.24, 2.45) is 5.92 Å². The first-order chi connectivity index (χ1) is 19.7. The van der Waals surface area contributed by atoms with E-state index in [2.05, 4.69) is 41.3 Å². The second-order valence-electron chi connectivity index (χ2n) is 11.3. The number of nitrogens with one attached hydrogen (secondary N) is 5. The summed E-state index contributed by atoms with van der Waals surface area (Å²) in [6.45, 7) is 2.80. The minimum Gasteiger partial charge on any atom is -0.369 e. The molecule has 7 rings (SSSR count). The zero-order chi connectivity index (χ0) is 26.9. The lowest BCUT2D eigenvalue weighted by atomic mass is 9.83. The fourth-order valence-corrected chi connectivity index (χ4v) is 6.46. The molecule has 3 fully saturated rings. The number of hydrazine groups is 1. The molecule has 0 bridgehead atoms. The highest BCUT2D eigenvalue weighted by Gasteiger charge is 2.33. The fourth-order valence-electron chi connectivity index (χ4n) is 6.46. The molecule has 40 heavy (non-hydrogen) atoms. The average molecular weight is 538 g/mol. The number of fused-ring (bicyclic) bond motifs is 2.